The summed E-state index contributed by atoms with van der Waals surface area (Å²) in [7, 11) is 0. The Kier molecular flexibility index (Phi) is 7.62. The molecule has 2 atom stereocenters. The Hall–Kier alpha value is -1.04. The predicted molar refractivity (Wildman–Crippen MR) is 75.5 cm³/mol. The van der Waals surface area contributed by atoms with E-state index in [-0.39, 0.29) is 7.43 Å². The Balaban J connectivity index is 0.000000711. The second-order valence-corrected chi connectivity index (χ2v) is 3.84. The van der Waals surface area contributed by atoms with E-state index in [0.29, 0.717) is 11.8 Å². The van der Waals surface area contributed by atoms with E-state index in [9.17, 15) is 0 Å². The fraction of sp³-hybridized carbons (Fsp3) is 0.500. The minimum Gasteiger partial charge on any atom is -0.0839 e. The summed E-state index contributed by atoms with van der Waals surface area (Å²) in [5.41, 5.74) is 1.50. The summed E-state index contributed by atoms with van der Waals surface area (Å²) < 4.78 is 0. The van der Waals surface area contributed by atoms with Gasteiger partial charge in [-0.2, -0.15) is 0 Å². The molecule has 0 N–H and O–H groups in total. The zero-order chi connectivity index (χ0) is 11.1. The molecule has 0 bridgehead atoms. The highest BCUT2D eigenvalue weighted by Gasteiger charge is 2.17. The van der Waals surface area contributed by atoms with E-state index < -0.39 is 0 Å². The first-order valence-electron chi connectivity index (χ1n) is 6.09. The molecule has 0 spiro atoms. The standard InChI is InChI=1S/C13H16.C2H6.CH4/c1-11-7-5-6-10-13(11)12-8-3-2-4-9-12;1-2;/h3,5-11,13H,2,4H2,1H3;1-2H3;1H4. The largest absolute Gasteiger partial charge is 0.0839 e. The molecule has 2 aliphatic carbocycles. The average Bonchev–Trinajstić information content (AvgIpc) is 2.33. The SMILES string of the molecule is C.CC.CC1C=CC=CC1C1=CCCC=C1. The quantitative estimate of drug-likeness (QED) is 0.560. The molecule has 0 heterocycles. The van der Waals surface area contributed by atoms with Crippen molar-refractivity contribution < 1.29 is 0 Å². The summed E-state index contributed by atoms with van der Waals surface area (Å²) in [6, 6.07) is 0. The summed E-state index contributed by atoms with van der Waals surface area (Å²) >= 11 is 0. The highest BCUT2D eigenvalue weighted by Crippen LogP contribution is 2.29. The molecule has 0 aliphatic heterocycles. The molecule has 2 aliphatic rings. The summed E-state index contributed by atoms with van der Waals surface area (Å²) in [4.78, 5) is 0. The first-order chi connectivity index (χ1) is 7.38. The maximum atomic E-state index is 2.38. The van der Waals surface area contributed by atoms with Crippen LogP contribution in [0.25, 0.3) is 0 Å². The highest BCUT2D eigenvalue weighted by atomic mass is 14.2. The predicted octanol–water partition coefficient (Wildman–Crippen LogP) is 5.30. The van der Waals surface area contributed by atoms with Gasteiger partial charge in [-0.15, -0.1) is 0 Å². The van der Waals surface area contributed by atoms with Crippen LogP contribution in [0.1, 0.15) is 41.0 Å². The first-order valence-corrected chi connectivity index (χ1v) is 6.09. The van der Waals surface area contributed by atoms with Crippen LogP contribution in [-0.2, 0) is 0 Å². The van der Waals surface area contributed by atoms with Gasteiger partial charge in [0.2, 0.25) is 0 Å². The average molecular weight is 218 g/mol. The number of hydrogen-bond acceptors (Lipinski definition) is 0. The van der Waals surface area contributed by atoms with Crippen molar-refractivity contribution in [3.05, 3.63) is 48.1 Å². The van der Waals surface area contributed by atoms with Crippen LogP contribution < -0.4 is 0 Å². The summed E-state index contributed by atoms with van der Waals surface area (Å²) in [5.74, 6) is 1.26. The van der Waals surface area contributed by atoms with Crippen LogP contribution in [0, 0.1) is 11.8 Å². The zero-order valence-electron chi connectivity index (χ0n) is 10.1. The third kappa shape index (κ3) is 3.84. The van der Waals surface area contributed by atoms with Crippen LogP contribution in [0.15, 0.2) is 48.1 Å². The van der Waals surface area contributed by atoms with Gasteiger partial charge in [-0.1, -0.05) is 70.7 Å². The van der Waals surface area contributed by atoms with Crippen molar-refractivity contribution in [1.82, 2.24) is 0 Å². The summed E-state index contributed by atoms with van der Waals surface area (Å²) in [6.45, 7) is 6.29. The van der Waals surface area contributed by atoms with Crippen LogP contribution in [-0.4, -0.2) is 0 Å². The lowest BCUT2D eigenvalue weighted by Crippen LogP contribution is -2.11. The molecule has 0 heteroatoms. The number of rotatable bonds is 1. The van der Waals surface area contributed by atoms with Gasteiger partial charge in [0.25, 0.3) is 0 Å². The molecule has 90 valence electrons. The van der Waals surface area contributed by atoms with E-state index in [4.69, 9.17) is 0 Å². The minimum absolute atomic E-state index is 0. The molecule has 2 rings (SSSR count). The Morgan fingerprint density at radius 2 is 1.75 bits per heavy atom. The van der Waals surface area contributed by atoms with Crippen molar-refractivity contribution in [1.29, 1.82) is 0 Å². The molecular weight excluding hydrogens is 192 g/mol. The van der Waals surface area contributed by atoms with Gasteiger partial charge in [0.15, 0.2) is 0 Å². The van der Waals surface area contributed by atoms with E-state index in [1.54, 1.807) is 0 Å². The Morgan fingerprint density at radius 3 is 2.31 bits per heavy atom. The van der Waals surface area contributed by atoms with Crippen molar-refractivity contribution in [3.8, 4) is 0 Å². The molecule has 0 amide bonds. The molecule has 0 nitrogen and oxygen atoms in total. The monoisotopic (exact) mass is 218 g/mol. The topological polar surface area (TPSA) is 0 Å². The van der Waals surface area contributed by atoms with Crippen molar-refractivity contribution >= 4 is 0 Å². The van der Waals surface area contributed by atoms with Gasteiger partial charge in [0.05, 0.1) is 0 Å². The number of hydrogen-bond donors (Lipinski definition) is 0. The molecular formula is C16H26. The van der Waals surface area contributed by atoms with Crippen molar-refractivity contribution in [2.24, 2.45) is 11.8 Å². The maximum absolute atomic E-state index is 2.38. The van der Waals surface area contributed by atoms with Crippen molar-refractivity contribution in [2.75, 3.05) is 0 Å². The molecule has 0 saturated heterocycles. The second kappa shape index (κ2) is 8.15. The van der Waals surface area contributed by atoms with Gasteiger partial charge in [-0.25, -0.2) is 0 Å². The summed E-state index contributed by atoms with van der Waals surface area (Å²) in [6.07, 6.45) is 18.3. The maximum Gasteiger partial charge on any atom is 0.00781 e. The Morgan fingerprint density at radius 1 is 1.06 bits per heavy atom. The van der Waals surface area contributed by atoms with E-state index in [1.807, 2.05) is 13.8 Å². The first kappa shape index (κ1) is 15.0. The highest BCUT2D eigenvalue weighted by molar-refractivity contribution is 5.32. The molecule has 0 aromatic heterocycles. The van der Waals surface area contributed by atoms with Crippen LogP contribution in [0.3, 0.4) is 0 Å². The fourth-order valence-corrected chi connectivity index (χ4v) is 2.01. The molecule has 16 heavy (non-hydrogen) atoms. The lowest BCUT2D eigenvalue weighted by molar-refractivity contribution is 0.582. The molecule has 0 aromatic carbocycles. The van der Waals surface area contributed by atoms with E-state index in [0.717, 1.165) is 0 Å². The van der Waals surface area contributed by atoms with Gasteiger partial charge in [-0.3, -0.25) is 0 Å². The normalized spacial score (nSPS) is 26.3. The van der Waals surface area contributed by atoms with E-state index in [1.165, 1.54) is 18.4 Å². The van der Waals surface area contributed by atoms with Crippen LogP contribution >= 0.6 is 0 Å². The molecule has 0 saturated carbocycles. The van der Waals surface area contributed by atoms with Crippen LogP contribution in [0.5, 0.6) is 0 Å². The summed E-state index contributed by atoms with van der Waals surface area (Å²) in [5, 5.41) is 0. The third-order valence-electron chi connectivity index (χ3n) is 2.82. The van der Waals surface area contributed by atoms with Gasteiger partial charge < -0.3 is 0 Å². The van der Waals surface area contributed by atoms with Crippen molar-refractivity contribution in [3.63, 3.8) is 0 Å². The fourth-order valence-electron chi connectivity index (χ4n) is 2.01. The smallest absolute Gasteiger partial charge is 0.00781 e. The van der Waals surface area contributed by atoms with Crippen LogP contribution in [0.2, 0.25) is 0 Å². The number of allylic oxidation sites excluding steroid dienone is 8. The van der Waals surface area contributed by atoms with Gasteiger partial charge >= 0.3 is 0 Å². The van der Waals surface area contributed by atoms with E-state index >= 15 is 0 Å². The molecule has 0 fully saturated rings. The molecule has 0 aromatic rings. The van der Waals surface area contributed by atoms with Gasteiger partial charge in [-0.05, 0) is 24.3 Å². The van der Waals surface area contributed by atoms with E-state index in [2.05, 4.69) is 49.5 Å². The Labute approximate surface area is 101 Å². The lowest BCUT2D eigenvalue weighted by atomic mass is 9.82. The lowest BCUT2D eigenvalue weighted by Gasteiger charge is -2.23. The van der Waals surface area contributed by atoms with Gasteiger partial charge in [0.1, 0.15) is 0 Å². The molecule has 2 unspecified atom stereocenters. The second-order valence-electron chi connectivity index (χ2n) is 3.84. The van der Waals surface area contributed by atoms with Crippen molar-refractivity contribution in [2.45, 2.75) is 41.0 Å². The zero-order valence-corrected chi connectivity index (χ0v) is 10.1. The minimum atomic E-state index is 0. The third-order valence-corrected chi connectivity index (χ3v) is 2.82. The molecule has 0 radical (unpaired) electrons. The Bertz CT molecular complexity index is 289. The van der Waals surface area contributed by atoms with Gasteiger partial charge in [0, 0.05) is 5.92 Å². The van der Waals surface area contributed by atoms with Crippen LogP contribution in [0.4, 0.5) is 0 Å².